The van der Waals surface area contributed by atoms with E-state index < -0.39 is 30.5 Å². The van der Waals surface area contributed by atoms with Gasteiger partial charge in [0.25, 0.3) is 0 Å². The second-order valence-corrected chi connectivity index (χ2v) is 7.59. The van der Waals surface area contributed by atoms with Crippen molar-refractivity contribution in [3.63, 3.8) is 0 Å². The molecule has 5 atom stereocenters. The van der Waals surface area contributed by atoms with Crippen molar-refractivity contribution in [2.75, 3.05) is 20.1 Å². The van der Waals surface area contributed by atoms with Crippen molar-refractivity contribution in [1.82, 2.24) is 31.9 Å². The molecule has 158 valence electrons. The Morgan fingerprint density at radius 1 is 1.11 bits per heavy atom. The van der Waals surface area contributed by atoms with E-state index >= 15 is 0 Å². The molecule has 0 spiro atoms. The Bertz CT molecular complexity index is 464. The van der Waals surface area contributed by atoms with Gasteiger partial charge in [0.1, 0.15) is 6.29 Å². The quantitative estimate of drug-likeness (QED) is 0.365. The first-order chi connectivity index (χ1) is 12.8. The molecule has 0 aromatic rings. The maximum Gasteiger partial charge on any atom is 0.391 e. The van der Waals surface area contributed by atoms with Gasteiger partial charge in [0.05, 0.1) is 12.1 Å². The lowest BCUT2D eigenvalue weighted by Crippen LogP contribution is -2.68. The number of rotatable bonds is 7. The molecule has 1 heterocycles. The van der Waals surface area contributed by atoms with E-state index in [1.54, 1.807) is 0 Å². The van der Waals surface area contributed by atoms with Crippen LogP contribution in [0.5, 0.6) is 0 Å². The molecular weight excluding hydrogens is 361 g/mol. The molecule has 1 saturated heterocycles. The van der Waals surface area contributed by atoms with Crippen LogP contribution in [0.1, 0.15) is 45.4 Å². The first-order valence-electron chi connectivity index (χ1n) is 9.81. The third-order valence-corrected chi connectivity index (χ3v) is 5.15. The normalized spacial score (nSPS) is 32.1. The van der Waals surface area contributed by atoms with Crippen molar-refractivity contribution < 1.29 is 18.0 Å². The number of hydrogen-bond acceptors (Lipinski definition) is 5. The summed E-state index contributed by atoms with van der Waals surface area (Å²) in [7, 11) is 1.91. The highest BCUT2D eigenvalue weighted by Crippen LogP contribution is 2.37. The topological polar surface area (TPSA) is 89.2 Å². The van der Waals surface area contributed by atoms with E-state index in [0.717, 1.165) is 25.9 Å². The molecule has 1 saturated carbocycles. The summed E-state index contributed by atoms with van der Waals surface area (Å²) in [6.45, 7) is 3.81. The molecule has 0 bridgehead atoms. The van der Waals surface area contributed by atoms with Gasteiger partial charge in [-0.3, -0.25) is 10.6 Å². The molecule has 0 aromatic heterocycles. The van der Waals surface area contributed by atoms with E-state index in [1.165, 1.54) is 0 Å². The molecule has 2 amide bonds. The van der Waals surface area contributed by atoms with Crippen molar-refractivity contribution in [3.8, 4) is 0 Å². The molecule has 7 nitrogen and oxygen atoms in total. The number of carbonyl (C=O) groups is 1. The molecule has 2 aliphatic rings. The van der Waals surface area contributed by atoms with Gasteiger partial charge in [-0.15, -0.1) is 0 Å². The van der Waals surface area contributed by atoms with Crippen molar-refractivity contribution in [2.45, 2.75) is 76.2 Å². The van der Waals surface area contributed by atoms with E-state index in [-0.39, 0.29) is 25.0 Å². The van der Waals surface area contributed by atoms with Crippen molar-refractivity contribution >= 4 is 6.03 Å². The SMILES string of the molecule is CNCCCNC1CC(C)NC(NC(=O)NC2CCCC(C(F)(F)F)C2)N1. The first-order valence-corrected chi connectivity index (χ1v) is 9.81. The maximum absolute atomic E-state index is 12.9. The Morgan fingerprint density at radius 3 is 2.59 bits per heavy atom. The zero-order chi connectivity index (χ0) is 19.9. The van der Waals surface area contributed by atoms with E-state index in [9.17, 15) is 18.0 Å². The molecule has 5 unspecified atom stereocenters. The van der Waals surface area contributed by atoms with Crippen LogP contribution in [0.4, 0.5) is 18.0 Å². The van der Waals surface area contributed by atoms with E-state index in [2.05, 4.69) is 31.9 Å². The Kier molecular flexibility index (Phi) is 8.59. The third kappa shape index (κ3) is 7.81. The lowest BCUT2D eigenvalue weighted by Gasteiger charge is -2.37. The lowest BCUT2D eigenvalue weighted by atomic mass is 9.85. The minimum atomic E-state index is -4.19. The smallest absolute Gasteiger partial charge is 0.335 e. The molecule has 10 heteroatoms. The van der Waals surface area contributed by atoms with Gasteiger partial charge in [0.15, 0.2) is 0 Å². The molecule has 0 radical (unpaired) electrons. The average Bonchev–Trinajstić information content (AvgIpc) is 2.57. The van der Waals surface area contributed by atoms with E-state index in [4.69, 9.17) is 0 Å². The minimum Gasteiger partial charge on any atom is -0.335 e. The Morgan fingerprint density at radius 2 is 1.89 bits per heavy atom. The van der Waals surface area contributed by atoms with Crippen LogP contribution in [-0.2, 0) is 0 Å². The summed E-state index contributed by atoms with van der Waals surface area (Å²) in [5.41, 5.74) is 0. The molecule has 27 heavy (non-hydrogen) atoms. The van der Waals surface area contributed by atoms with Crippen LogP contribution in [0.15, 0.2) is 0 Å². The van der Waals surface area contributed by atoms with E-state index in [1.807, 2.05) is 14.0 Å². The summed E-state index contributed by atoms with van der Waals surface area (Å²) in [6, 6.07) is -0.694. The first kappa shape index (κ1) is 22.2. The molecule has 2 rings (SSSR count). The average molecular weight is 394 g/mol. The number of amides is 2. The van der Waals surface area contributed by atoms with Crippen LogP contribution in [0, 0.1) is 5.92 Å². The highest BCUT2D eigenvalue weighted by atomic mass is 19.4. The Balaban J connectivity index is 1.75. The summed E-state index contributed by atoms with van der Waals surface area (Å²) in [6.07, 6.45) is -1.54. The number of hydrogen-bond donors (Lipinski definition) is 6. The minimum absolute atomic E-state index is 0.0471. The lowest BCUT2D eigenvalue weighted by molar-refractivity contribution is -0.183. The van der Waals surface area contributed by atoms with Crippen molar-refractivity contribution in [2.24, 2.45) is 5.92 Å². The number of halogens is 3. The maximum atomic E-state index is 12.9. The van der Waals surface area contributed by atoms with Crippen molar-refractivity contribution in [3.05, 3.63) is 0 Å². The predicted octanol–water partition coefficient (Wildman–Crippen LogP) is 1.19. The predicted molar refractivity (Wildman–Crippen MR) is 97.9 cm³/mol. The second-order valence-electron chi connectivity index (χ2n) is 7.59. The van der Waals surface area contributed by atoms with Crippen LogP contribution >= 0.6 is 0 Å². The van der Waals surface area contributed by atoms with Crippen LogP contribution in [0.3, 0.4) is 0 Å². The van der Waals surface area contributed by atoms with Gasteiger partial charge in [-0.05, 0) is 59.2 Å². The largest absolute Gasteiger partial charge is 0.391 e. The van der Waals surface area contributed by atoms with Crippen LogP contribution in [0.25, 0.3) is 0 Å². The fourth-order valence-corrected chi connectivity index (χ4v) is 3.77. The number of urea groups is 1. The van der Waals surface area contributed by atoms with Gasteiger partial charge in [0, 0.05) is 12.1 Å². The number of alkyl halides is 3. The third-order valence-electron chi connectivity index (χ3n) is 5.15. The van der Waals surface area contributed by atoms with Gasteiger partial charge in [-0.2, -0.15) is 13.2 Å². The summed E-state index contributed by atoms with van der Waals surface area (Å²) < 4.78 is 38.7. The van der Waals surface area contributed by atoms with Gasteiger partial charge >= 0.3 is 12.2 Å². The van der Waals surface area contributed by atoms with Crippen LogP contribution in [-0.4, -0.2) is 56.9 Å². The van der Waals surface area contributed by atoms with Crippen LogP contribution < -0.4 is 31.9 Å². The summed E-state index contributed by atoms with van der Waals surface area (Å²) >= 11 is 0. The zero-order valence-electron chi connectivity index (χ0n) is 16.1. The monoisotopic (exact) mass is 394 g/mol. The number of nitrogens with one attached hydrogen (secondary N) is 6. The van der Waals surface area contributed by atoms with Crippen LogP contribution in [0.2, 0.25) is 0 Å². The zero-order valence-corrected chi connectivity index (χ0v) is 16.1. The summed E-state index contributed by atoms with van der Waals surface area (Å²) in [4.78, 5) is 12.2. The molecule has 1 aliphatic carbocycles. The highest BCUT2D eigenvalue weighted by Gasteiger charge is 2.42. The van der Waals surface area contributed by atoms with Gasteiger partial charge in [-0.25, -0.2) is 4.79 Å². The van der Waals surface area contributed by atoms with Crippen molar-refractivity contribution in [1.29, 1.82) is 0 Å². The summed E-state index contributed by atoms with van der Waals surface area (Å²) in [5.74, 6) is -1.33. The molecule has 1 aliphatic heterocycles. The van der Waals surface area contributed by atoms with Gasteiger partial charge in [0.2, 0.25) is 0 Å². The number of carbonyl (C=O) groups excluding carboxylic acids is 1. The van der Waals surface area contributed by atoms with E-state index in [0.29, 0.717) is 12.8 Å². The van der Waals surface area contributed by atoms with Gasteiger partial charge in [-0.1, -0.05) is 6.42 Å². The standard InChI is InChI=1S/C17H33F3N6O/c1-11-9-14(22-8-4-7-21-2)25-15(23-11)26-16(27)24-13-6-3-5-12(10-13)17(18,19)20/h11-15,21-23,25H,3-10H2,1-2H3,(H2,24,26,27). The summed E-state index contributed by atoms with van der Waals surface area (Å²) in [5, 5.41) is 18.5. The molecule has 0 aromatic carbocycles. The molecular formula is C17H33F3N6O. The fraction of sp³-hybridized carbons (Fsp3) is 0.941. The van der Waals surface area contributed by atoms with Gasteiger partial charge < -0.3 is 21.3 Å². The molecule has 6 N–H and O–H groups in total. The fourth-order valence-electron chi connectivity index (χ4n) is 3.77. The molecule has 2 fully saturated rings. The highest BCUT2D eigenvalue weighted by molar-refractivity contribution is 5.74. The Hall–Kier alpha value is -1.10. The Labute approximate surface area is 159 Å². The second kappa shape index (κ2) is 10.4.